The van der Waals surface area contributed by atoms with Crippen LogP contribution in [-0.4, -0.2) is 43.8 Å². The van der Waals surface area contributed by atoms with Gasteiger partial charge in [0, 0.05) is 18.4 Å². The van der Waals surface area contributed by atoms with Crippen LogP contribution in [0.4, 0.5) is 0 Å². The molecule has 1 fully saturated rings. The molecule has 0 spiro atoms. The van der Waals surface area contributed by atoms with E-state index < -0.39 is 0 Å². The molecule has 0 bridgehead atoms. The van der Waals surface area contributed by atoms with Crippen molar-refractivity contribution in [1.29, 1.82) is 0 Å². The molecule has 1 saturated carbocycles. The molecule has 2 unspecified atom stereocenters. The predicted molar refractivity (Wildman–Crippen MR) is 69.6 cm³/mol. The Morgan fingerprint density at radius 1 is 1.56 bits per heavy atom. The van der Waals surface area contributed by atoms with Crippen molar-refractivity contribution < 1.29 is 4.74 Å². The number of hydrogen-bond donors (Lipinski definition) is 3. The number of aliphatic imine (C=N–C) groups is 1. The van der Waals surface area contributed by atoms with Crippen molar-refractivity contribution >= 4 is 17.7 Å². The number of nitrogens with two attached hydrogens (primary N) is 1. The van der Waals surface area contributed by atoms with Crippen molar-refractivity contribution in [2.24, 2.45) is 10.8 Å². The standard InChI is InChI=1S/C10H22N4OS/c1-15-6-5-12-10(14-11)13-8-3-4-9(7-8)16-2/h8-9H,3-7,11H2,1-2H3,(H2,12,13,14). The zero-order valence-corrected chi connectivity index (χ0v) is 10.8. The third kappa shape index (κ3) is 4.59. The molecule has 0 heterocycles. The van der Waals surface area contributed by atoms with Crippen LogP contribution >= 0.6 is 11.8 Å². The van der Waals surface area contributed by atoms with E-state index in [1.807, 2.05) is 11.8 Å². The number of nitrogens with zero attached hydrogens (tertiary/aromatic N) is 1. The summed E-state index contributed by atoms with van der Waals surface area (Å²) in [6.45, 7) is 1.24. The van der Waals surface area contributed by atoms with Crippen molar-refractivity contribution in [3.63, 3.8) is 0 Å². The molecule has 6 heteroatoms. The summed E-state index contributed by atoms with van der Waals surface area (Å²) in [7, 11) is 1.67. The van der Waals surface area contributed by atoms with Gasteiger partial charge in [-0.15, -0.1) is 0 Å². The maximum absolute atomic E-state index is 5.41. The number of rotatable bonds is 5. The molecule has 1 rings (SSSR count). The molecular weight excluding hydrogens is 224 g/mol. The zero-order valence-electron chi connectivity index (χ0n) is 10.0. The highest BCUT2D eigenvalue weighted by molar-refractivity contribution is 7.99. The van der Waals surface area contributed by atoms with Crippen LogP contribution in [0.2, 0.25) is 0 Å². The molecule has 0 aromatic heterocycles. The van der Waals surface area contributed by atoms with E-state index in [1.165, 1.54) is 19.3 Å². The van der Waals surface area contributed by atoms with E-state index in [1.54, 1.807) is 7.11 Å². The minimum atomic E-state index is 0.495. The molecule has 0 aromatic carbocycles. The first kappa shape index (κ1) is 13.6. The number of thioether (sulfide) groups is 1. The SMILES string of the molecule is COCCN=C(NN)NC1CCC(SC)C1. The fourth-order valence-electron chi connectivity index (χ4n) is 1.86. The fourth-order valence-corrected chi connectivity index (χ4v) is 2.66. The number of nitrogens with one attached hydrogen (secondary N) is 2. The third-order valence-electron chi connectivity index (χ3n) is 2.76. The monoisotopic (exact) mass is 246 g/mol. The van der Waals surface area contributed by atoms with Crippen LogP contribution in [0, 0.1) is 0 Å². The zero-order chi connectivity index (χ0) is 11.8. The first-order valence-corrected chi connectivity index (χ1v) is 6.88. The molecule has 1 aliphatic rings. The van der Waals surface area contributed by atoms with Gasteiger partial charge in [-0.25, -0.2) is 10.8 Å². The lowest BCUT2D eigenvalue weighted by Gasteiger charge is -2.15. The molecule has 0 aliphatic heterocycles. The molecule has 0 saturated heterocycles. The summed E-state index contributed by atoms with van der Waals surface area (Å²) in [5.74, 6) is 6.08. The number of guanidine groups is 1. The smallest absolute Gasteiger partial charge is 0.206 e. The highest BCUT2D eigenvalue weighted by Gasteiger charge is 2.24. The maximum atomic E-state index is 5.41. The van der Waals surface area contributed by atoms with E-state index >= 15 is 0 Å². The Bertz CT molecular complexity index is 225. The van der Waals surface area contributed by atoms with Gasteiger partial charge in [0.15, 0.2) is 0 Å². The van der Waals surface area contributed by atoms with Crippen molar-refractivity contribution in [1.82, 2.24) is 10.7 Å². The van der Waals surface area contributed by atoms with Crippen molar-refractivity contribution in [2.75, 3.05) is 26.5 Å². The van der Waals surface area contributed by atoms with E-state index in [2.05, 4.69) is 22.0 Å². The Kier molecular flexibility index (Phi) is 6.59. The Morgan fingerprint density at radius 3 is 2.94 bits per heavy atom. The molecule has 5 nitrogen and oxygen atoms in total. The Hall–Kier alpha value is -0.460. The number of hydrogen-bond acceptors (Lipinski definition) is 4. The average Bonchev–Trinajstić information content (AvgIpc) is 2.75. The molecule has 0 radical (unpaired) electrons. The Labute approximate surface area is 102 Å². The number of hydrazine groups is 1. The predicted octanol–water partition coefficient (Wildman–Crippen LogP) is 0.326. The summed E-state index contributed by atoms with van der Waals surface area (Å²) in [6.07, 6.45) is 5.82. The van der Waals surface area contributed by atoms with Gasteiger partial charge >= 0.3 is 0 Å². The van der Waals surface area contributed by atoms with E-state index in [4.69, 9.17) is 10.6 Å². The number of methoxy groups -OCH3 is 1. The van der Waals surface area contributed by atoms with Gasteiger partial charge in [-0.1, -0.05) is 0 Å². The van der Waals surface area contributed by atoms with Crippen molar-refractivity contribution in [3.8, 4) is 0 Å². The second-order valence-corrected chi connectivity index (χ2v) is 5.02. The van der Waals surface area contributed by atoms with Crippen LogP contribution < -0.4 is 16.6 Å². The summed E-state index contributed by atoms with van der Waals surface area (Å²) in [5.41, 5.74) is 2.60. The summed E-state index contributed by atoms with van der Waals surface area (Å²) in [4.78, 5) is 4.28. The molecule has 4 N–H and O–H groups in total. The lowest BCUT2D eigenvalue weighted by Crippen LogP contribution is -2.46. The highest BCUT2D eigenvalue weighted by Crippen LogP contribution is 2.27. The fraction of sp³-hybridized carbons (Fsp3) is 0.900. The summed E-state index contributed by atoms with van der Waals surface area (Å²) in [6, 6.07) is 0.495. The first-order chi connectivity index (χ1) is 7.80. The van der Waals surface area contributed by atoms with Gasteiger partial charge in [-0.05, 0) is 25.5 Å². The van der Waals surface area contributed by atoms with E-state index in [-0.39, 0.29) is 0 Å². The van der Waals surface area contributed by atoms with Gasteiger partial charge in [-0.2, -0.15) is 11.8 Å². The van der Waals surface area contributed by atoms with Crippen molar-refractivity contribution in [2.45, 2.75) is 30.6 Å². The summed E-state index contributed by atoms with van der Waals surface area (Å²) < 4.78 is 4.93. The van der Waals surface area contributed by atoms with E-state index in [0.717, 1.165) is 5.25 Å². The minimum Gasteiger partial charge on any atom is -0.383 e. The molecule has 16 heavy (non-hydrogen) atoms. The van der Waals surface area contributed by atoms with Gasteiger partial charge in [0.05, 0.1) is 13.2 Å². The topological polar surface area (TPSA) is 71.7 Å². The average molecular weight is 246 g/mol. The largest absolute Gasteiger partial charge is 0.383 e. The molecular formula is C10H22N4OS. The second kappa shape index (κ2) is 7.76. The molecule has 94 valence electrons. The lowest BCUT2D eigenvalue weighted by molar-refractivity contribution is 0.208. The van der Waals surface area contributed by atoms with Gasteiger partial charge in [0.25, 0.3) is 0 Å². The van der Waals surface area contributed by atoms with Crippen LogP contribution in [-0.2, 0) is 4.74 Å². The highest BCUT2D eigenvalue weighted by atomic mass is 32.2. The summed E-state index contributed by atoms with van der Waals surface area (Å²) in [5, 5.41) is 4.11. The Morgan fingerprint density at radius 2 is 2.38 bits per heavy atom. The van der Waals surface area contributed by atoms with E-state index in [9.17, 15) is 0 Å². The summed E-state index contributed by atoms with van der Waals surface area (Å²) >= 11 is 1.94. The van der Waals surface area contributed by atoms with Gasteiger partial charge in [-0.3, -0.25) is 5.43 Å². The van der Waals surface area contributed by atoms with Crippen molar-refractivity contribution in [3.05, 3.63) is 0 Å². The van der Waals surface area contributed by atoms with Gasteiger partial charge in [0.2, 0.25) is 5.96 Å². The molecule has 0 aromatic rings. The Balaban J connectivity index is 2.30. The first-order valence-electron chi connectivity index (χ1n) is 5.59. The van der Waals surface area contributed by atoms with Crippen LogP contribution in [0.25, 0.3) is 0 Å². The third-order valence-corrected chi connectivity index (χ3v) is 3.86. The molecule has 0 amide bonds. The normalized spacial score (nSPS) is 25.8. The van der Waals surface area contributed by atoms with Gasteiger partial charge in [0.1, 0.15) is 0 Å². The van der Waals surface area contributed by atoms with Gasteiger partial charge < -0.3 is 10.1 Å². The molecule has 2 atom stereocenters. The minimum absolute atomic E-state index is 0.495. The molecule has 1 aliphatic carbocycles. The quantitative estimate of drug-likeness (QED) is 0.214. The van der Waals surface area contributed by atoms with Crippen LogP contribution in [0.1, 0.15) is 19.3 Å². The van der Waals surface area contributed by atoms with Crippen LogP contribution in [0.15, 0.2) is 4.99 Å². The van der Waals surface area contributed by atoms with Crippen LogP contribution in [0.5, 0.6) is 0 Å². The maximum Gasteiger partial charge on any atom is 0.206 e. The second-order valence-electron chi connectivity index (χ2n) is 3.88. The van der Waals surface area contributed by atoms with Crippen LogP contribution in [0.3, 0.4) is 0 Å². The van der Waals surface area contributed by atoms with E-state index in [0.29, 0.717) is 25.2 Å². The number of ether oxygens (including phenoxy) is 1. The lowest BCUT2D eigenvalue weighted by atomic mass is 10.2.